The number of hydrogen-bond donors (Lipinski definition) is 1. The molecule has 0 amide bonds. The van der Waals surface area contributed by atoms with E-state index < -0.39 is 20.8 Å². The third-order valence-corrected chi connectivity index (χ3v) is 6.39. The van der Waals surface area contributed by atoms with Crippen molar-refractivity contribution in [3.05, 3.63) is 29.8 Å². The Balaban J connectivity index is 1.95. The number of rotatable bonds is 6. The highest BCUT2D eigenvalue weighted by molar-refractivity contribution is 7.88. The Morgan fingerprint density at radius 1 is 1.36 bits per heavy atom. The van der Waals surface area contributed by atoms with Gasteiger partial charge in [-0.3, -0.25) is 4.21 Å². The van der Waals surface area contributed by atoms with Crippen LogP contribution in [0.2, 0.25) is 0 Å². The zero-order valence-corrected chi connectivity index (χ0v) is 14.9. The van der Waals surface area contributed by atoms with Gasteiger partial charge in [0, 0.05) is 47.1 Å². The second kappa shape index (κ2) is 7.21. The summed E-state index contributed by atoms with van der Waals surface area (Å²) in [5.41, 5.74) is 1.11. The van der Waals surface area contributed by atoms with Crippen LogP contribution in [0.5, 0.6) is 0 Å². The van der Waals surface area contributed by atoms with Gasteiger partial charge in [0.05, 0.1) is 6.26 Å². The highest BCUT2D eigenvalue weighted by atomic mass is 32.2. The Morgan fingerprint density at radius 2 is 2.00 bits per heavy atom. The number of sulfonamides is 1. The van der Waals surface area contributed by atoms with E-state index >= 15 is 0 Å². The summed E-state index contributed by atoms with van der Waals surface area (Å²) < 4.78 is 36.4. The monoisotopic (exact) mass is 344 g/mol. The van der Waals surface area contributed by atoms with Crippen molar-refractivity contribution < 1.29 is 12.6 Å². The molecule has 1 aliphatic heterocycles. The molecule has 2 rings (SSSR count). The fourth-order valence-corrected chi connectivity index (χ4v) is 4.53. The summed E-state index contributed by atoms with van der Waals surface area (Å²) in [5.74, 6) is 0. The van der Waals surface area contributed by atoms with Crippen molar-refractivity contribution in [1.29, 1.82) is 0 Å². The van der Waals surface area contributed by atoms with Crippen LogP contribution in [-0.2, 0) is 20.8 Å². The number of nitrogens with one attached hydrogen (secondary N) is 1. The summed E-state index contributed by atoms with van der Waals surface area (Å²) in [4.78, 5) is 0.815. The first-order valence-corrected chi connectivity index (χ1v) is 10.8. The van der Waals surface area contributed by atoms with E-state index in [9.17, 15) is 12.6 Å². The molecule has 3 atom stereocenters. The Bertz CT molecular complexity index is 629. The van der Waals surface area contributed by atoms with Crippen molar-refractivity contribution in [2.24, 2.45) is 0 Å². The van der Waals surface area contributed by atoms with Crippen LogP contribution < -0.4 is 5.32 Å². The van der Waals surface area contributed by atoms with E-state index in [0.717, 1.165) is 23.3 Å². The second-order valence-corrected chi connectivity index (χ2v) is 9.14. The summed E-state index contributed by atoms with van der Waals surface area (Å²) in [7, 11) is -4.08. The molecule has 0 radical (unpaired) electrons. The van der Waals surface area contributed by atoms with Crippen molar-refractivity contribution in [1.82, 2.24) is 9.62 Å². The Hall–Kier alpha value is -0.760. The van der Waals surface area contributed by atoms with Crippen LogP contribution in [-0.4, -0.2) is 48.6 Å². The van der Waals surface area contributed by atoms with Crippen molar-refractivity contribution in [3.63, 3.8) is 0 Å². The number of benzene rings is 1. The smallest absolute Gasteiger partial charge is 0.211 e. The molecule has 1 aromatic rings. The van der Waals surface area contributed by atoms with E-state index in [2.05, 4.69) is 12.2 Å². The molecule has 1 saturated heterocycles. The largest absolute Gasteiger partial charge is 0.309 e. The lowest BCUT2D eigenvalue weighted by Gasteiger charge is -2.24. The molecule has 1 fully saturated rings. The lowest BCUT2D eigenvalue weighted by atomic mass is 10.1. The summed E-state index contributed by atoms with van der Waals surface area (Å²) in [6.07, 6.45) is 4.76. The van der Waals surface area contributed by atoms with Gasteiger partial charge in [0.2, 0.25) is 10.0 Å². The normalized spacial score (nSPS) is 22.6. The average molecular weight is 345 g/mol. The molecule has 0 spiro atoms. The first kappa shape index (κ1) is 17.6. The minimum absolute atomic E-state index is 0.0415. The van der Waals surface area contributed by atoms with Gasteiger partial charge in [-0.25, -0.2) is 8.42 Å². The highest BCUT2D eigenvalue weighted by Gasteiger charge is 2.31. The van der Waals surface area contributed by atoms with Crippen molar-refractivity contribution in [2.75, 3.05) is 25.6 Å². The molecular formula is C15H24N2O3S2. The van der Waals surface area contributed by atoms with Crippen molar-refractivity contribution in [2.45, 2.75) is 36.7 Å². The van der Waals surface area contributed by atoms with Gasteiger partial charge in [0.1, 0.15) is 0 Å². The van der Waals surface area contributed by atoms with Crippen LogP contribution in [0.15, 0.2) is 29.2 Å². The third kappa shape index (κ3) is 4.38. The summed E-state index contributed by atoms with van der Waals surface area (Å²) in [6.45, 7) is 3.32. The molecule has 1 N–H and O–H groups in total. The molecule has 1 aromatic carbocycles. The lowest BCUT2D eigenvalue weighted by Crippen LogP contribution is -2.41. The molecule has 7 heteroatoms. The molecular weight excluding hydrogens is 320 g/mol. The third-order valence-electron chi connectivity index (χ3n) is 4.12. The van der Waals surface area contributed by atoms with Gasteiger partial charge in [0.25, 0.3) is 0 Å². The van der Waals surface area contributed by atoms with E-state index in [-0.39, 0.29) is 12.1 Å². The molecule has 0 aliphatic carbocycles. The molecule has 124 valence electrons. The van der Waals surface area contributed by atoms with Crippen LogP contribution in [0.1, 0.15) is 31.4 Å². The first-order chi connectivity index (χ1) is 10.3. The van der Waals surface area contributed by atoms with Gasteiger partial charge < -0.3 is 5.32 Å². The Kier molecular flexibility index (Phi) is 5.76. The van der Waals surface area contributed by atoms with E-state index in [4.69, 9.17) is 0 Å². The number of nitrogens with zero attached hydrogens (tertiary/aromatic N) is 1. The molecule has 1 heterocycles. The van der Waals surface area contributed by atoms with E-state index in [1.165, 1.54) is 6.26 Å². The zero-order chi connectivity index (χ0) is 16.3. The van der Waals surface area contributed by atoms with Gasteiger partial charge in [0.15, 0.2) is 0 Å². The average Bonchev–Trinajstić information content (AvgIpc) is 2.93. The van der Waals surface area contributed by atoms with Crippen LogP contribution in [0.3, 0.4) is 0 Å². The van der Waals surface area contributed by atoms with Gasteiger partial charge in [-0.05, 0) is 37.5 Å². The molecule has 0 unspecified atom stereocenters. The number of hydrogen-bond acceptors (Lipinski definition) is 4. The van der Waals surface area contributed by atoms with Crippen molar-refractivity contribution in [3.8, 4) is 0 Å². The SMILES string of the molecule is C[C@H](NC[C@H]1CCCN1S(C)(=O)=O)c1ccc([S@@](C)=O)cc1. The molecule has 0 aromatic heterocycles. The molecule has 0 bridgehead atoms. The van der Waals surface area contributed by atoms with Gasteiger partial charge in [-0.15, -0.1) is 0 Å². The zero-order valence-electron chi connectivity index (χ0n) is 13.3. The quantitative estimate of drug-likeness (QED) is 0.849. The fraction of sp³-hybridized carbons (Fsp3) is 0.600. The van der Waals surface area contributed by atoms with Gasteiger partial charge in [-0.1, -0.05) is 12.1 Å². The van der Waals surface area contributed by atoms with Crippen molar-refractivity contribution >= 4 is 20.8 Å². The van der Waals surface area contributed by atoms with E-state index in [1.54, 1.807) is 10.6 Å². The van der Waals surface area contributed by atoms with E-state index in [0.29, 0.717) is 13.1 Å². The van der Waals surface area contributed by atoms with E-state index in [1.807, 2.05) is 24.3 Å². The maximum absolute atomic E-state index is 11.7. The maximum Gasteiger partial charge on any atom is 0.211 e. The van der Waals surface area contributed by atoms with Crippen LogP contribution >= 0.6 is 0 Å². The van der Waals surface area contributed by atoms with Crippen LogP contribution in [0, 0.1) is 0 Å². The maximum atomic E-state index is 11.7. The summed E-state index contributed by atoms with van der Waals surface area (Å²) in [5, 5.41) is 3.41. The predicted molar refractivity (Wildman–Crippen MR) is 89.8 cm³/mol. The Morgan fingerprint density at radius 3 is 2.55 bits per heavy atom. The van der Waals surface area contributed by atoms with Crippen LogP contribution in [0.25, 0.3) is 0 Å². The Labute approximate surface area is 135 Å². The summed E-state index contributed by atoms with van der Waals surface area (Å²) in [6, 6.07) is 7.86. The van der Waals surface area contributed by atoms with Gasteiger partial charge in [-0.2, -0.15) is 4.31 Å². The standard InChI is InChI=1S/C15H24N2O3S2/c1-12(13-6-8-15(9-7-13)21(2)18)16-11-14-5-4-10-17(14)22(3,19)20/h6-9,12,14,16H,4-5,10-11H2,1-3H3/t12-,14+,21+/m0/s1. The molecule has 0 saturated carbocycles. The predicted octanol–water partition coefficient (Wildman–Crippen LogP) is 1.50. The fourth-order valence-electron chi connectivity index (χ4n) is 2.83. The highest BCUT2D eigenvalue weighted by Crippen LogP contribution is 2.21. The molecule has 22 heavy (non-hydrogen) atoms. The second-order valence-electron chi connectivity index (χ2n) is 5.82. The topological polar surface area (TPSA) is 66.5 Å². The minimum Gasteiger partial charge on any atom is -0.309 e. The lowest BCUT2D eigenvalue weighted by molar-refractivity contribution is 0.363. The molecule has 1 aliphatic rings. The molecule has 5 nitrogen and oxygen atoms in total. The summed E-state index contributed by atoms with van der Waals surface area (Å²) >= 11 is 0. The van der Waals surface area contributed by atoms with Crippen LogP contribution in [0.4, 0.5) is 0 Å². The van der Waals surface area contributed by atoms with Gasteiger partial charge >= 0.3 is 0 Å². The minimum atomic E-state index is -3.12. The first-order valence-electron chi connectivity index (χ1n) is 7.42.